The molecule has 0 saturated carbocycles. The van der Waals surface area contributed by atoms with Crippen molar-refractivity contribution < 1.29 is 19.4 Å². The molecule has 0 bridgehead atoms. The van der Waals surface area contributed by atoms with Gasteiger partial charge in [-0.2, -0.15) is 0 Å². The fraction of sp³-hybridized carbons (Fsp3) is 0.500. The summed E-state index contributed by atoms with van der Waals surface area (Å²) in [4.78, 5) is 24.4. The van der Waals surface area contributed by atoms with Crippen LogP contribution >= 0.6 is 0 Å². The van der Waals surface area contributed by atoms with E-state index in [0.717, 1.165) is 5.75 Å². The lowest BCUT2D eigenvalue weighted by molar-refractivity contribution is -0.143. The summed E-state index contributed by atoms with van der Waals surface area (Å²) in [6.07, 6.45) is 0.985. The maximum atomic E-state index is 12.0. The van der Waals surface area contributed by atoms with Crippen molar-refractivity contribution in [3.8, 4) is 5.75 Å². The van der Waals surface area contributed by atoms with E-state index in [1.54, 1.807) is 11.8 Å². The summed E-state index contributed by atoms with van der Waals surface area (Å²) in [7, 11) is 0. The summed E-state index contributed by atoms with van der Waals surface area (Å²) in [5.41, 5.74) is 0. The number of rotatable bonds is 9. The molecule has 0 heterocycles. The second-order valence-electron chi connectivity index (χ2n) is 4.94. The van der Waals surface area contributed by atoms with Gasteiger partial charge in [0.2, 0.25) is 5.91 Å². The minimum atomic E-state index is -0.881. The monoisotopic (exact) mass is 293 g/mol. The van der Waals surface area contributed by atoms with Crippen molar-refractivity contribution >= 4 is 11.9 Å². The highest BCUT2D eigenvalue weighted by Crippen LogP contribution is 2.09. The highest BCUT2D eigenvalue weighted by Gasteiger charge is 2.18. The van der Waals surface area contributed by atoms with Crippen LogP contribution in [0.3, 0.4) is 0 Å². The Morgan fingerprint density at radius 3 is 2.52 bits per heavy atom. The number of benzene rings is 1. The predicted octanol–water partition coefficient (Wildman–Crippen LogP) is 2.41. The van der Waals surface area contributed by atoms with Crippen molar-refractivity contribution in [2.75, 3.05) is 19.7 Å². The lowest BCUT2D eigenvalue weighted by Crippen LogP contribution is -2.36. The Labute approximate surface area is 125 Å². The van der Waals surface area contributed by atoms with Gasteiger partial charge in [0.05, 0.1) is 12.5 Å². The molecule has 116 valence electrons. The first-order valence-electron chi connectivity index (χ1n) is 7.23. The van der Waals surface area contributed by atoms with Gasteiger partial charge in [-0.05, 0) is 25.5 Å². The quantitative estimate of drug-likeness (QED) is 0.710. The standard InChI is InChI=1S/C16H23NO4/c1-3-17(12-13(2)16(19)20)15(18)10-7-11-21-14-8-5-4-6-9-14/h4-6,8-9,13H,3,7,10-12H2,1-2H3,(H,19,20). The summed E-state index contributed by atoms with van der Waals surface area (Å²) < 4.78 is 5.52. The number of carbonyl (C=O) groups excluding carboxylic acids is 1. The zero-order valence-electron chi connectivity index (χ0n) is 12.6. The molecule has 0 aliphatic rings. The summed E-state index contributed by atoms with van der Waals surface area (Å²) in [5, 5.41) is 8.89. The van der Waals surface area contributed by atoms with Crippen LogP contribution < -0.4 is 4.74 Å². The van der Waals surface area contributed by atoms with Gasteiger partial charge in [-0.1, -0.05) is 25.1 Å². The number of aliphatic carboxylic acids is 1. The van der Waals surface area contributed by atoms with Gasteiger partial charge in [0.1, 0.15) is 5.75 Å². The van der Waals surface area contributed by atoms with Crippen molar-refractivity contribution in [1.82, 2.24) is 4.90 Å². The van der Waals surface area contributed by atoms with Gasteiger partial charge in [0.25, 0.3) is 0 Å². The Hall–Kier alpha value is -2.04. The summed E-state index contributed by atoms with van der Waals surface area (Å²) in [5.74, 6) is -0.665. The van der Waals surface area contributed by atoms with Crippen molar-refractivity contribution in [2.45, 2.75) is 26.7 Å². The molecule has 1 atom stereocenters. The maximum Gasteiger partial charge on any atom is 0.308 e. The number of carboxylic acids is 1. The first-order valence-corrected chi connectivity index (χ1v) is 7.23. The number of hydrogen-bond donors (Lipinski definition) is 1. The number of para-hydroxylation sites is 1. The van der Waals surface area contributed by atoms with Gasteiger partial charge in [0, 0.05) is 19.5 Å². The third-order valence-electron chi connectivity index (χ3n) is 3.20. The van der Waals surface area contributed by atoms with Crippen LogP contribution in [-0.2, 0) is 9.59 Å². The Kier molecular flexibility index (Phi) is 7.29. The third-order valence-corrected chi connectivity index (χ3v) is 3.20. The number of hydrogen-bond acceptors (Lipinski definition) is 3. The average molecular weight is 293 g/mol. The fourth-order valence-corrected chi connectivity index (χ4v) is 1.90. The Bertz CT molecular complexity index is 447. The van der Waals surface area contributed by atoms with E-state index in [0.29, 0.717) is 26.0 Å². The molecule has 1 aromatic rings. The van der Waals surface area contributed by atoms with E-state index in [9.17, 15) is 9.59 Å². The molecule has 0 saturated heterocycles. The minimum absolute atomic E-state index is 0.0257. The van der Waals surface area contributed by atoms with Crippen LogP contribution in [0.1, 0.15) is 26.7 Å². The molecule has 0 radical (unpaired) electrons. The van der Waals surface area contributed by atoms with Gasteiger partial charge in [-0.15, -0.1) is 0 Å². The molecule has 0 aromatic heterocycles. The lowest BCUT2D eigenvalue weighted by Gasteiger charge is -2.22. The molecule has 5 nitrogen and oxygen atoms in total. The molecular formula is C16H23NO4. The number of carbonyl (C=O) groups is 2. The SMILES string of the molecule is CCN(CC(C)C(=O)O)C(=O)CCCOc1ccccc1. The molecule has 1 aromatic carbocycles. The van der Waals surface area contributed by atoms with Crippen LogP contribution in [0, 0.1) is 5.92 Å². The van der Waals surface area contributed by atoms with Crippen molar-refractivity contribution in [1.29, 1.82) is 0 Å². The Balaban J connectivity index is 2.29. The zero-order valence-corrected chi connectivity index (χ0v) is 12.6. The van der Waals surface area contributed by atoms with Crippen molar-refractivity contribution in [3.63, 3.8) is 0 Å². The van der Waals surface area contributed by atoms with Crippen LogP contribution in [0.5, 0.6) is 5.75 Å². The summed E-state index contributed by atoms with van der Waals surface area (Å²) >= 11 is 0. The normalized spacial score (nSPS) is 11.7. The van der Waals surface area contributed by atoms with Crippen LogP contribution in [0.15, 0.2) is 30.3 Å². The van der Waals surface area contributed by atoms with E-state index >= 15 is 0 Å². The first-order chi connectivity index (χ1) is 10.0. The van der Waals surface area contributed by atoms with Crippen LogP contribution in [-0.4, -0.2) is 41.6 Å². The predicted molar refractivity (Wildman–Crippen MR) is 80.2 cm³/mol. The van der Waals surface area contributed by atoms with Crippen LogP contribution in [0.25, 0.3) is 0 Å². The van der Waals surface area contributed by atoms with Crippen molar-refractivity contribution in [2.24, 2.45) is 5.92 Å². The molecule has 0 spiro atoms. The molecule has 5 heteroatoms. The molecule has 1 unspecified atom stereocenters. The molecule has 0 fully saturated rings. The molecule has 1 N–H and O–H groups in total. The third kappa shape index (κ3) is 6.29. The van der Waals surface area contributed by atoms with Gasteiger partial charge >= 0.3 is 5.97 Å². The topological polar surface area (TPSA) is 66.8 Å². The van der Waals surface area contributed by atoms with Crippen molar-refractivity contribution in [3.05, 3.63) is 30.3 Å². The lowest BCUT2D eigenvalue weighted by atomic mass is 10.1. The largest absolute Gasteiger partial charge is 0.494 e. The summed E-state index contributed by atoms with van der Waals surface area (Å²) in [6.45, 7) is 4.71. The van der Waals surface area contributed by atoms with Crippen LogP contribution in [0.4, 0.5) is 0 Å². The molecule has 0 aliphatic heterocycles. The molecule has 21 heavy (non-hydrogen) atoms. The minimum Gasteiger partial charge on any atom is -0.494 e. The molecular weight excluding hydrogens is 270 g/mol. The highest BCUT2D eigenvalue weighted by atomic mass is 16.5. The van der Waals surface area contributed by atoms with E-state index < -0.39 is 11.9 Å². The molecule has 1 amide bonds. The molecule has 0 aliphatic carbocycles. The number of carboxylic acid groups (broad SMARTS) is 1. The average Bonchev–Trinajstić information content (AvgIpc) is 2.49. The Morgan fingerprint density at radius 1 is 1.29 bits per heavy atom. The summed E-state index contributed by atoms with van der Waals surface area (Å²) in [6, 6.07) is 9.45. The fourth-order valence-electron chi connectivity index (χ4n) is 1.90. The number of nitrogens with zero attached hydrogens (tertiary/aromatic N) is 1. The second kappa shape index (κ2) is 9.00. The van der Waals surface area contributed by atoms with Gasteiger partial charge in [-0.3, -0.25) is 9.59 Å². The maximum absolute atomic E-state index is 12.0. The van der Waals surface area contributed by atoms with E-state index in [1.165, 1.54) is 0 Å². The number of ether oxygens (including phenoxy) is 1. The molecule has 1 rings (SSSR count). The van der Waals surface area contributed by atoms with Gasteiger partial charge in [-0.25, -0.2) is 0 Å². The van der Waals surface area contributed by atoms with E-state index in [-0.39, 0.29) is 12.5 Å². The highest BCUT2D eigenvalue weighted by molar-refractivity contribution is 5.77. The van der Waals surface area contributed by atoms with E-state index in [1.807, 2.05) is 37.3 Å². The first kappa shape index (κ1) is 17.0. The second-order valence-corrected chi connectivity index (χ2v) is 4.94. The van der Waals surface area contributed by atoms with Gasteiger partial charge < -0.3 is 14.7 Å². The zero-order chi connectivity index (χ0) is 15.7. The van der Waals surface area contributed by atoms with E-state index in [4.69, 9.17) is 9.84 Å². The van der Waals surface area contributed by atoms with E-state index in [2.05, 4.69) is 0 Å². The van der Waals surface area contributed by atoms with Gasteiger partial charge in [0.15, 0.2) is 0 Å². The Morgan fingerprint density at radius 2 is 1.95 bits per heavy atom. The smallest absolute Gasteiger partial charge is 0.308 e. The van der Waals surface area contributed by atoms with Crippen LogP contribution in [0.2, 0.25) is 0 Å². The number of amides is 1.